The number of aryl methyl sites for hydroxylation is 1. The predicted octanol–water partition coefficient (Wildman–Crippen LogP) is 5.31. The first-order valence-corrected chi connectivity index (χ1v) is 11.6. The van der Waals surface area contributed by atoms with E-state index in [0.717, 1.165) is 52.2 Å². The summed E-state index contributed by atoms with van der Waals surface area (Å²) < 4.78 is 1.79. The van der Waals surface area contributed by atoms with Gasteiger partial charge >= 0.3 is 0 Å². The van der Waals surface area contributed by atoms with Crippen molar-refractivity contribution in [2.45, 2.75) is 87.6 Å². The van der Waals surface area contributed by atoms with E-state index in [1.807, 2.05) is 33.9 Å². The Morgan fingerprint density at radius 2 is 1.31 bits per heavy atom. The molecule has 0 aliphatic carbocycles. The lowest BCUT2D eigenvalue weighted by Crippen LogP contribution is -2.20. The van der Waals surface area contributed by atoms with Crippen LogP contribution >= 0.6 is 0 Å². The van der Waals surface area contributed by atoms with Gasteiger partial charge < -0.3 is 10.6 Å². The van der Waals surface area contributed by atoms with E-state index in [9.17, 15) is 9.59 Å². The van der Waals surface area contributed by atoms with Crippen molar-refractivity contribution in [3.8, 4) is 0 Å². The van der Waals surface area contributed by atoms with Gasteiger partial charge in [-0.15, -0.1) is 5.10 Å². The maximum absolute atomic E-state index is 12.7. The topological polar surface area (TPSA) is 88.9 Å². The number of nitrogens with one attached hydrogen (secondary N) is 2. The summed E-state index contributed by atoms with van der Waals surface area (Å²) >= 11 is 0. The Balaban J connectivity index is 2.44. The van der Waals surface area contributed by atoms with Gasteiger partial charge in [0, 0.05) is 30.4 Å². The monoisotopic (exact) mass is 441 g/mol. The molecular weight excluding hydrogens is 402 g/mol. The zero-order chi connectivity index (χ0) is 24.0. The van der Waals surface area contributed by atoms with Crippen LogP contribution in [0.5, 0.6) is 0 Å². The third-order valence-electron chi connectivity index (χ3n) is 5.80. The lowest BCUT2D eigenvalue weighted by atomic mass is 9.94. The number of amides is 2. The third kappa shape index (κ3) is 6.90. The van der Waals surface area contributed by atoms with E-state index in [-0.39, 0.29) is 11.8 Å². The molecule has 176 valence electrons. The van der Waals surface area contributed by atoms with Gasteiger partial charge in [0.25, 0.3) is 0 Å². The van der Waals surface area contributed by atoms with Crippen molar-refractivity contribution >= 4 is 23.2 Å². The maximum Gasteiger partial charge on any atom is 0.224 e. The van der Waals surface area contributed by atoms with Crippen LogP contribution in [0.3, 0.4) is 0 Å². The molecule has 0 aliphatic rings. The zero-order valence-corrected chi connectivity index (χ0v) is 20.9. The fourth-order valence-corrected chi connectivity index (χ4v) is 3.76. The highest BCUT2D eigenvalue weighted by atomic mass is 16.2. The number of carbonyl (C=O) groups excluding carboxylic acids is 2. The van der Waals surface area contributed by atoms with Crippen molar-refractivity contribution in [1.82, 2.24) is 15.0 Å². The summed E-state index contributed by atoms with van der Waals surface area (Å²) in [5, 5.41) is 14.5. The van der Waals surface area contributed by atoms with Gasteiger partial charge in [-0.3, -0.25) is 9.59 Å². The number of carbonyl (C=O) groups is 2. The third-order valence-corrected chi connectivity index (χ3v) is 5.80. The molecule has 0 unspecified atom stereocenters. The SMILES string of the molecule is Cc1cn(Cc2c(C)c(NC(=O)CCC(C)C)c(C)c(NC(=O)CCC(C)C)c2C)nn1. The van der Waals surface area contributed by atoms with Crippen LogP contribution in [0.2, 0.25) is 0 Å². The first-order valence-electron chi connectivity index (χ1n) is 11.6. The lowest BCUT2D eigenvalue weighted by Gasteiger charge is -2.23. The van der Waals surface area contributed by atoms with Crippen molar-refractivity contribution in [1.29, 1.82) is 0 Å². The fourth-order valence-electron chi connectivity index (χ4n) is 3.76. The molecule has 0 fully saturated rings. The van der Waals surface area contributed by atoms with Crippen molar-refractivity contribution in [2.75, 3.05) is 10.6 Å². The van der Waals surface area contributed by atoms with Crippen LogP contribution in [0, 0.1) is 39.5 Å². The highest BCUT2D eigenvalue weighted by molar-refractivity contribution is 5.98. The summed E-state index contributed by atoms with van der Waals surface area (Å²) in [7, 11) is 0. The number of anilines is 2. The molecule has 2 N–H and O–H groups in total. The maximum atomic E-state index is 12.7. The Morgan fingerprint density at radius 1 is 0.844 bits per heavy atom. The van der Waals surface area contributed by atoms with E-state index >= 15 is 0 Å². The number of aromatic nitrogens is 3. The largest absolute Gasteiger partial charge is 0.326 e. The van der Waals surface area contributed by atoms with Crippen molar-refractivity contribution < 1.29 is 9.59 Å². The predicted molar refractivity (Wildman–Crippen MR) is 130 cm³/mol. The second-order valence-electron chi connectivity index (χ2n) is 9.62. The van der Waals surface area contributed by atoms with Gasteiger partial charge in [0.1, 0.15) is 0 Å². The van der Waals surface area contributed by atoms with Crippen LogP contribution in [0.15, 0.2) is 6.20 Å². The summed E-state index contributed by atoms with van der Waals surface area (Å²) in [6.07, 6.45) is 4.50. The zero-order valence-electron chi connectivity index (χ0n) is 20.9. The van der Waals surface area contributed by atoms with E-state index < -0.39 is 0 Å². The molecule has 2 amide bonds. The highest BCUT2D eigenvalue weighted by Gasteiger charge is 2.21. The normalized spacial score (nSPS) is 11.3. The molecule has 2 aromatic rings. The average Bonchev–Trinajstić information content (AvgIpc) is 3.13. The summed E-state index contributed by atoms with van der Waals surface area (Å²) in [5.41, 5.74) is 6.29. The minimum absolute atomic E-state index is 0.00612. The number of nitrogens with zero attached hydrogens (tertiary/aromatic N) is 3. The molecule has 0 saturated carbocycles. The molecule has 0 spiro atoms. The molecular formula is C25H39N5O2. The Bertz CT molecular complexity index is 906. The molecule has 0 radical (unpaired) electrons. The molecule has 7 heteroatoms. The van der Waals surface area contributed by atoms with Crippen molar-refractivity contribution in [3.05, 3.63) is 34.1 Å². The Kier molecular flexibility index (Phi) is 8.99. The van der Waals surface area contributed by atoms with Gasteiger partial charge in [0.15, 0.2) is 0 Å². The average molecular weight is 442 g/mol. The molecule has 0 aliphatic heterocycles. The van der Waals surface area contributed by atoms with Gasteiger partial charge in [-0.25, -0.2) is 4.68 Å². The first kappa shape index (κ1) is 25.6. The highest BCUT2D eigenvalue weighted by Crippen LogP contribution is 2.36. The van der Waals surface area contributed by atoms with Crippen molar-refractivity contribution in [2.24, 2.45) is 11.8 Å². The summed E-state index contributed by atoms with van der Waals surface area (Å²) in [4.78, 5) is 25.3. The quantitative estimate of drug-likeness (QED) is 0.523. The Hall–Kier alpha value is -2.70. The van der Waals surface area contributed by atoms with Crippen LogP contribution in [0.1, 0.15) is 81.3 Å². The minimum Gasteiger partial charge on any atom is -0.326 e. The van der Waals surface area contributed by atoms with E-state index in [0.29, 0.717) is 31.2 Å². The molecule has 32 heavy (non-hydrogen) atoms. The van der Waals surface area contributed by atoms with Crippen LogP contribution in [0.4, 0.5) is 11.4 Å². The Morgan fingerprint density at radius 3 is 1.69 bits per heavy atom. The number of hydrogen-bond donors (Lipinski definition) is 2. The van der Waals surface area contributed by atoms with Crippen LogP contribution < -0.4 is 10.6 Å². The standard InChI is InChI=1S/C25H39N5O2/c1-15(2)9-11-22(31)26-24-18(6)21(14-30-13-17(5)28-29-30)19(7)25(20(24)8)27-23(32)12-10-16(3)4/h13,15-16H,9-12,14H2,1-8H3,(H,26,31)(H,27,32). The number of benzene rings is 1. The second-order valence-corrected chi connectivity index (χ2v) is 9.62. The number of hydrogen-bond acceptors (Lipinski definition) is 4. The van der Waals surface area contributed by atoms with Crippen LogP contribution in [-0.2, 0) is 16.1 Å². The molecule has 0 bridgehead atoms. The second kappa shape index (κ2) is 11.2. The van der Waals surface area contributed by atoms with Gasteiger partial charge in [-0.1, -0.05) is 32.9 Å². The number of rotatable bonds is 10. The van der Waals surface area contributed by atoms with Gasteiger partial charge in [-0.05, 0) is 74.6 Å². The van der Waals surface area contributed by atoms with Gasteiger partial charge in [0.2, 0.25) is 11.8 Å². The van der Waals surface area contributed by atoms with E-state index in [1.54, 1.807) is 4.68 Å². The Labute approximate surface area is 192 Å². The molecule has 2 rings (SSSR count). The fraction of sp³-hybridized carbons (Fsp3) is 0.600. The molecule has 7 nitrogen and oxygen atoms in total. The van der Waals surface area contributed by atoms with E-state index in [1.165, 1.54) is 0 Å². The summed E-state index contributed by atoms with van der Waals surface area (Å²) in [5.74, 6) is 0.910. The van der Waals surface area contributed by atoms with Crippen LogP contribution in [0.25, 0.3) is 0 Å². The van der Waals surface area contributed by atoms with Crippen molar-refractivity contribution in [3.63, 3.8) is 0 Å². The smallest absolute Gasteiger partial charge is 0.224 e. The summed E-state index contributed by atoms with van der Waals surface area (Å²) in [6.45, 7) is 16.8. The lowest BCUT2D eigenvalue weighted by molar-refractivity contribution is -0.117. The molecule has 0 saturated heterocycles. The van der Waals surface area contributed by atoms with E-state index in [2.05, 4.69) is 48.6 Å². The van der Waals surface area contributed by atoms with Gasteiger partial charge in [-0.2, -0.15) is 0 Å². The van der Waals surface area contributed by atoms with E-state index in [4.69, 9.17) is 0 Å². The first-order chi connectivity index (χ1) is 15.0. The molecule has 0 atom stereocenters. The minimum atomic E-state index is -0.00612. The molecule has 1 heterocycles. The van der Waals surface area contributed by atoms with Gasteiger partial charge in [0.05, 0.1) is 12.2 Å². The molecule has 1 aromatic heterocycles. The van der Waals surface area contributed by atoms with Crippen LogP contribution in [-0.4, -0.2) is 26.8 Å². The summed E-state index contributed by atoms with van der Waals surface area (Å²) in [6, 6.07) is 0. The molecule has 1 aromatic carbocycles.